The summed E-state index contributed by atoms with van der Waals surface area (Å²) < 4.78 is 5.73. The maximum absolute atomic E-state index is 10.8. The van der Waals surface area contributed by atoms with Crippen molar-refractivity contribution in [3.63, 3.8) is 0 Å². The Morgan fingerprint density at radius 3 is 2.78 bits per heavy atom. The van der Waals surface area contributed by atoms with Gasteiger partial charge in [0.15, 0.2) is 0 Å². The van der Waals surface area contributed by atoms with Gasteiger partial charge in [0, 0.05) is 6.07 Å². The number of ether oxygens (including phenoxy) is 1. The fraction of sp³-hybridized carbons (Fsp3) is 0.538. The first-order valence-corrected chi connectivity index (χ1v) is 6.18. The van der Waals surface area contributed by atoms with Crippen LogP contribution in [0.4, 0.5) is 5.69 Å². The summed E-state index contributed by atoms with van der Waals surface area (Å²) in [7, 11) is 0. The molecule has 1 fully saturated rings. The average molecular weight is 251 g/mol. The molecule has 0 radical (unpaired) electrons. The van der Waals surface area contributed by atoms with E-state index in [1.54, 1.807) is 19.1 Å². The zero-order chi connectivity index (χ0) is 13.1. The molecule has 2 atom stereocenters. The van der Waals surface area contributed by atoms with E-state index in [0.29, 0.717) is 11.3 Å². The second-order valence-electron chi connectivity index (χ2n) is 4.67. The van der Waals surface area contributed by atoms with Gasteiger partial charge >= 0.3 is 0 Å². The molecule has 0 amide bonds. The number of rotatable bonds is 3. The largest absolute Gasteiger partial charge is 0.487 e. The van der Waals surface area contributed by atoms with Gasteiger partial charge in [-0.25, -0.2) is 0 Å². The van der Waals surface area contributed by atoms with Crippen molar-refractivity contribution in [1.29, 1.82) is 0 Å². The predicted octanol–water partition coefficient (Wildman–Crippen LogP) is 2.59. The van der Waals surface area contributed by atoms with Crippen molar-refractivity contribution in [3.8, 4) is 5.75 Å². The fourth-order valence-corrected chi connectivity index (χ4v) is 2.31. The summed E-state index contributed by atoms with van der Waals surface area (Å²) in [5, 5.41) is 20.7. The Balaban J connectivity index is 2.18. The Morgan fingerprint density at radius 2 is 2.11 bits per heavy atom. The molecule has 0 aromatic heterocycles. The van der Waals surface area contributed by atoms with Crippen LogP contribution in [0.5, 0.6) is 5.75 Å². The van der Waals surface area contributed by atoms with E-state index in [1.807, 2.05) is 0 Å². The Bertz CT molecular complexity index is 447. The van der Waals surface area contributed by atoms with Crippen LogP contribution in [0, 0.1) is 17.0 Å². The number of hydrogen-bond acceptors (Lipinski definition) is 4. The van der Waals surface area contributed by atoms with Gasteiger partial charge in [-0.15, -0.1) is 0 Å². The Kier molecular flexibility index (Phi) is 3.81. The first-order chi connectivity index (χ1) is 8.59. The topological polar surface area (TPSA) is 72.6 Å². The van der Waals surface area contributed by atoms with Crippen LogP contribution in [-0.2, 0) is 0 Å². The molecule has 0 heterocycles. The summed E-state index contributed by atoms with van der Waals surface area (Å²) in [5.74, 6) is 0.496. The number of nitrogens with zero attached hydrogens (tertiary/aromatic N) is 1. The van der Waals surface area contributed by atoms with E-state index >= 15 is 0 Å². The smallest absolute Gasteiger partial charge is 0.276 e. The predicted molar refractivity (Wildman–Crippen MR) is 66.7 cm³/mol. The first kappa shape index (κ1) is 12.8. The highest BCUT2D eigenvalue weighted by atomic mass is 16.6. The maximum Gasteiger partial charge on any atom is 0.276 e. The molecule has 0 bridgehead atoms. The van der Waals surface area contributed by atoms with Crippen molar-refractivity contribution < 1.29 is 14.8 Å². The third kappa shape index (κ3) is 2.61. The van der Waals surface area contributed by atoms with Gasteiger partial charge in [0.25, 0.3) is 5.69 Å². The minimum absolute atomic E-state index is 0.0535. The third-order valence-corrected chi connectivity index (χ3v) is 3.40. The highest BCUT2D eigenvalue weighted by Crippen LogP contribution is 2.30. The van der Waals surface area contributed by atoms with E-state index < -0.39 is 11.0 Å². The van der Waals surface area contributed by atoms with E-state index in [1.165, 1.54) is 6.07 Å². The second-order valence-corrected chi connectivity index (χ2v) is 4.67. The molecule has 1 N–H and O–H groups in total. The van der Waals surface area contributed by atoms with Gasteiger partial charge in [-0.2, -0.15) is 0 Å². The van der Waals surface area contributed by atoms with Gasteiger partial charge < -0.3 is 9.84 Å². The number of nitro groups is 1. The summed E-state index contributed by atoms with van der Waals surface area (Å²) in [5.41, 5.74) is 0.568. The van der Waals surface area contributed by atoms with E-state index in [9.17, 15) is 15.2 Å². The fourth-order valence-electron chi connectivity index (χ4n) is 2.31. The lowest BCUT2D eigenvalue weighted by atomic mass is 9.95. The van der Waals surface area contributed by atoms with Crippen molar-refractivity contribution in [2.45, 2.75) is 44.8 Å². The highest BCUT2D eigenvalue weighted by molar-refractivity contribution is 5.48. The highest BCUT2D eigenvalue weighted by Gasteiger charge is 2.26. The van der Waals surface area contributed by atoms with Crippen LogP contribution in [0.1, 0.15) is 31.2 Å². The average Bonchev–Trinajstić information content (AvgIpc) is 2.34. The normalized spacial score (nSPS) is 23.7. The van der Waals surface area contributed by atoms with Crippen LogP contribution in [0.15, 0.2) is 18.2 Å². The summed E-state index contributed by atoms with van der Waals surface area (Å²) in [6, 6.07) is 4.78. The van der Waals surface area contributed by atoms with E-state index in [2.05, 4.69) is 0 Å². The zero-order valence-electron chi connectivity index (χ0n) is 10.3. The molecular weight excluding hydrogens is 234 g/mol. The van der Waals surface area contributed by atoms with Crippen molar-refractivity contribution >= 4 is 5.69 Å². The Hall–Kier alpha value is -1.62. The van der Waals surface area contributed by atoms with Crippen molar-refractivity contribution in [2.75, 3.05) is 0 Å². The summed E-state index contributed by atoms with van der Waals surface area (Å²) in [6.07, 6.45) is 2.84. The summed E-state index contributed by atoms with van der Waals surface area (Å²) >= 11 is 0. The monoisotopic (exact) mass is 251 g/mol. The van der Waals surface area contributed by atoms with Crippen LogP contribution in [0.25, 0.3) is 0 Å². The first-order valence-electron chi connectivity index (χ1n) is 6.18. The quantitative estimate of drug-likeness (QED) is 0.662. The van der Waals surface area contributed by atoms with Crippen LogP contribution in [0.3, 0.4) is 0 Å². The van der Waals surface area contributed by atoms with Gasteiger partial charge in [-0.1, -0.05) is 12.5 Å². The molecular formula is C13H17NO4. The molecule has 2 unspecified atom stereocenters. The van der Waals surface area contributed by atoms with Gasteiger partial charge in [-0.3, -0.25) is 10.1 Å². The van der Waals surface area contributed by atoms with Gasteiger partial charge in [0.05, 0.1) is 16.6 Å². The number of hydrogen-bond donors (Lipinski definition) is 1. The molecule has 1 aromatic carbocycles. The van der Waals surface area contributed by atoms with Crippen molar-refractivity contribution in [2.24, 2.45) is 0 Å². The van der Waals surface area contributed by atoms with Gasteiger partial charge in [0.1, 0.15) is 11.9 Å². The lowest BCUT2D eigenvalue weighted by Gasteiger charge is -2.28. The summed E-state index contributed by atoms with van der Waals surface area (Å²) in [4.78, 5) is 10.4. The molecule has 1 aromatic rings. The van der Waals surface area contributed by atoms with E-state index in [0.717, 1.165) is 25.7 Å². The van der Waals surface area contributed by atoms with Crippen LogP contribution < -0.4 is 4.74 Å². The lowest BCUT2D eigenvalue weighted by molar-refractivity contribution is -0.385. The molecule has 5 nitrogen and oxygen atoms in total. The maximum atomic E-state index is 10.8. The van der Waals surface area contributed by atoms with Crippen LogP contribution in [0.2, 0.25) is 0 Å². The SMILES string of the molecule is Cc1c(OC2CCCCC2O)cccc1[N+](=O)[O-]. The second kappa shape index (κ2) is 5.35. The van der Waals surface area contributed by atoms with E-state index in [-0.39, 0.29) is 11.8 Å². The van der Waals surface area contributed by atoms with E-state index in [4.69, 9.17) is 4.74 Å². The Labute approximate surface area is 106 Å². The number of aliphatic hydroxyl groups is 1. The lowest BCUT2D eigenvalue weighted by Crippen LogP contribution is -2.34. The number of aliphatic hydroxyl groups excluding tert-OH is 1. The molecule has 2 rings (SSSR count). The minimum atomic E-state index is -0.475. The molecule has 5 heteroatoms. The molecule has 1 saturated carbocycles. The van der Waals surface area contributed by atoms with Crippen molar-refractivity contribution in [3.05, 3.63) is 33.9 Å². The molecule has 18 heavy (non-hydrogen) atoms. The molecule has 1 aliphatic rings. The van der Waals surface area contributed by atoms with Crippen LogP contribution >= 0.6 is 0 Å². The Morgan fingerprint density at radius 1 is 1.39 bits per heavy atom. The standard InChI is InChI=1S/C13H17NO4/c1-9-10(14(16)17)5-4-8-12(9)18-13-7-3-2-6-11(13)15/h4-5,8,11,13,15H,2-3,6-7H2,1H3. The minimum Gasteiger partial charge on any atom is -0.487 e. The molecule has 0 spiro atoms. The van der Waals surface area contributed by atoms with Crippen molar-refractivity contribution in [1.82, 2.24) is 0 Å². The molecule has 0 saturated heterocycles. The van der Waals surface area contributed by atoms with Gasteiger partial charge in [-0.05, 0) is 32.3 Å². The number of benzene rings is 1. The molecule has 0 aliphatic heterocycles. The number of nitro benzene ring substituents is 1. The summed E-state index contributed by atoms with van der Waals surface area (Å²) in [6.45, 7) is 1.67. The van der Waals surface area contributed by atoms with Crippen LogP contribution in [-0.4, -0.2) is 22.2 Å². The zero-order valence-corrected chi connectivity index (χ0v) is 10.3. The third-order valence-electron chi connectivity index (χ3n) is 3.40. The van der Waals surface area contributed by atoms with Gasteiger partial charge in [0.2, 0.25) is 0 Å². The molecule has 1 aliphatic carbocycles. The molecule has 98 valence electrons.